The average molecular weight is 250 g/mol. The van der Waals surface area contributed by atoms with Crippen LogP contribution in [0, 0.1) is 6.92 Å². The normalized spacial score (nSPS) is 11.6. The molecule has 3 rings (SSSR count). The summed E-state index contributed by atoms with van der Waals surface area (Å²) in [6.45, 7) is 3.29. The van der Waals surface area contributed by atoms with Crippen molar-refractivity contribution >= 4 is 21.5 Å². The smallest absolute Gasteiger partial charge is 0.103 e. The van der Waals surface area contributed by atoms with Crippen LogP contribution in [0.25, 0.3) is 21.5 Å². The van der Waals surface area contributed by atoms with Gasteiger partial charge in [-0.3, -0.25) is 0 Å². The first-order valence-corrected chi connectivity index (χ1v) is 6.85. The molecule has 19 heavy (non-hydrogen) atoms. The molecule has 1 nitrogen and oxygen atoms in total. The molecule has 3 aromatic carbocycles. The lowest BCUT2D eigenvalue weighted by Crippen LogP contribution is -3.04. The molecule has 3 aromatic rings. The fourth-order valence-corrected chi connectivity index (χ4v) is 2.78. The minimum Gasteiger partial charge on any atom is -0.336 e. The third kappa shape index (κ3) is 2.22. The number of rotatable bonds is 2. The molecule has 0 radical (unpaired) electrons. The summed E-state index contributed by atoms with van der Waals surface area (Å²) in [5.74, 6) is 0. The average Bonchev–Trinajstić information content (AvgIpc) is 2.39. The second kappa shape index (κ2) is 4.67. The zero-order valence-corrected chi connectivity index (χ0v) is 11.8. The zero-order chi connectivity index (χ0) is 13.4. The summed E-state index contributed by atoms with van der Waals surface area (Å²) < 4.78 is 0. The van der Waals surface area contributed by atoms with E-state index in [0.717, 1.165) is 6.54 Å². The second-order valence-electron chi connectivity index (χ2n) is 5.67. The quantitative estimate of drug-likeness (QED) is 0.667. The van der Waals surface area contributed by atoms with Crippen LogP contribution in [0.4, 0.5) is 0 Å². The Kier molecular flexibility index (Phi) is 3.00. The molecule has 0 saturated carbocycles. The second-order valence-corrected chi connectivity index (χ2v) is 5.67. The summed E-state index contributed by atoms with van der Waals surface area (Å²) >= 11 is 0. The number of hydrogen-bond donors (Lipinski definition) is 1. The highest BCUT2D eigenvalue weighted by atomic mass is 15.0. The first kappa shape index (κ1) is 12.2. The number of aryl methyl sites for hydroxylation is 1. The van der Waals surface area contributed by atoms with E-state index >= 15 is 0 Å². The molecular formula is C18H20N+. The van der Waals surface area contributed by atoms with Crippen LogP contribution in [0.3, 0.4) is 0 Å². The van der Waals surface area contributed by atoms with E-state index in [2.05, 4.69) is 69.6 Å². The van der Waals surface area contributed by atoms with Crippen molar-refractivity contribution < 1.29 is 4.90 Å². The molecule has 0 atom stereocenters. The van der Waals surface area contributed by atoms with Crippen LogP contribution in [0.1, 0.15) is 11.1 Å². The fraction of sp³-hybridized carbons (Fsp3) is 0.222. The van der Waals surface area contributed by atoms with Gasteiger partial charge in [-0.15, -0.1) is 0 Å². The van der Waals surface area contributed by atoms with Crippen LogP contribution < -0.4 is 4.90 Å². The van der Waals surface area contributed by atoms with Gasteiger partial charge in [0.2, 0.25) is 0 Å². The first-order chi connectivity index (χ1) is 9.15. The van der Waals surface area contributed by atoms with Crippen LogP contribution in [0.5, 0.6) is 0 Å². The molecule has 0 saturated heterocycles. The maximum Gasteiger partial charge on any atom is 0.103 e. The van der Waals surface area contributed by atoms with E-state index in [1.807, 2.05) is 0 Å². The van der Waals surface area contributed by atoms with E-state index in [1.165, 1.54) is 37.6 Å². The van der Waals surface area contributed by atoms with E-state index in [0.29, 0.717) is 0 Å². The van der Waals surface area contributed by atoms with Crippen molar-refractivity contribution in [1.82, 2.24) is 0 Å². The Morgan fingerprint density at radius 3 is 2.37 bits per heavy atom. The van der Waals surface area contributed by atoms with Gasteiger partial charge in [-0.25, -0.2) is 0 Å². The summed E-state index contributed by atoms with van der Waals surface area (Å²) in [4.78, 5) is 1.46. The maximum atomic E-state index is 2.38. The maximum absolute atomic E-state index is 2.38. The fourth-order valence-electron chi connectivity index (χ4n) is 2.78. The van der Waals surface area contributed by atoms with E-state index < -0.39 is 0 Å². The number of fused-ring (bicyclic) bond motifs is 3. The van der Waals surface area contributed by atoms with Crippen molar-refractivity contribution in [1.29, 1.82) is 0 Å². The molecule has 1 heteroatoms. The highest BCUT2D eigenvalue weighted by molar-refractivity contribution is 6.07. The molecule has 0 aliphatic rings. The Labute approximate surface area is 114 Å². The third-order valence-electron chi connectivity index (χ3n) is 3.75. The summed E-state index contributed by atoms with van der Waals surface area (Å²) in [6.07, 6.45) is 0. The number of quaternary nitrogens is 1. The first-order valence-electron chi connectivity index (χ1n) is 6.85. The van der Waals surface area contributed by atoms with Crippen molar-refractivity contribution in [3.8, 4) is 0 Å². The van der Waals surface area contributed by atoms with E-state index in [9.17, 15) is 0 Å². The predicted molar refractivity (Wildman–Crippen MR) is 82.7 cm³/mol. The van der Waals surface area contributed by atoms with Crippen molar-refractivity contribution in [3.63, 3.8) is 0 Å². The Morgan fingerprint density at radius 2 is 1.58 bits per heavy atom. The van der Waals surface area contributed by atoms with Crippen LogP contribution >= 0.6 is 0 Å². The monoisotopic (exact) mass is 250 g/mol. The summed E-state index contributed by atoms with van der Waals surface area (Å²) in [5.41, 5.74) is 2.84. The molecule has 0 fully saturated rings. The van der Waals surface area contributed by atoms with Gasteiger partial charge in [-0.1, -0.05) is 42.5 Å². The van der Waals surface area contributed by atoms with Gasteiger partial charge in [0.15, 0.2) is 0 Å². The van der Waals surface area contributed by atoms with Crippen LogP contribution in [-0.4, -0.2) is 14.1 Å². The molecular weight excluding hydrogens is 230 g/mol. The highest BCUT2D eigenvalue weighted by Crippen LogP contribution is 2.27. The molecule has 0 bridgehead atoms. The SMILES string of the molecule is Cc1cc2ccc3ccccc3c2cc1C[NH+](C)C. The van der Waals surface area contributed by atoms with E-state index in [1.54, 1.807) is 0 Å². The predicted octanol–water partition coefficient (Wildman–Crippen LogP) is 2.95. The molecule has 0 aliphatic carbocycles. The van der Waals surface area contributed by atoms with Crippen LogP contribution in [-0.2, 0) is 6.54 Å². The topological polar surface area (TPSA) is 4.44 Å². The molecule has 1 N–H and O–H groups in total. The minimum absolute atomic E-state index is 1.07. The molecule has 0 heterocycles. The van der Waals surface area contributed by atoms with Crippen molar-refractivity contribution in [2.24, 2.45) is 0 Å². The molecule has 0 aliphatic heterocycles. The van der Waals surface area contributed by atoms with E-state index in [4.69, 9.17) is 0 Å². The van der Waals surface area contributed by atoms with E-state index in [-0.39, 0.29) is 0 Å². The van der Waals surface area contributed by atoms with Crippen LogP contribution in [0.15, 0.2) is 48.5 Å². The highest BCUT2D eigenvalue weighted by Gasteiger charge is 2.07. The zero-order valence-electron chi connectivity index (χ0n) is 11.8. The van der Waals surface area contributed by atoms with Gasteiger partial charge in [-0.05, 0) is 40.1 Å². The lowest BCUT2D eigenvalue weighted by atomic mass is 9.97. The largest absolute Gasteiger partial charge is 0.336 e. The van der Waals surface area contributed by atoms with Crippen molar-refractivity contribution in [2.75, 3.05) is 14.1 Å². The number of hydrogen-bond acceptors (Lipinski definition) is 0. The molecule has 0 unspecified atom stereocenters. The Balaban J connectivity index is 2.31. The molecule has 0 aromatic heterocycles. The van der Waals surface area contributed by atoms with Gasteiger partial charge in [0.05, 0.1) is 14.1 Å². The molecule has 0 spiro atoms. The van der Waals surface area contributed by atoms with Gasteiger partial charge >= 0.3 is 0 Å². The minimum atomic E-state index is 1.07. The Bertz CT molecular complexity index is 741. The molecule has 96 valence electrons. The van der Waals surface area contributed by atoms with Gasteiger partial charge in [-0.2, -0.15) is 0 Å². The van der Waals surface area contributed by atoms with Gasteiger partial charge in [0.25, 0.3) is 0 Å². The van der Waals surface area contributed by atoms with Gasteiger partial charge in [0, 0.05) is 5.56 Å². The number of nitrogens with one attached hydrogen (secondary N) is 1. The van der Waals surface area contributed by atoms with Gasteiger partial charge in [0.1, 0.15) is 6.54 Å². The van der Waals surface area contributed by atoms with Crippen molar-refractivity contribution in [3.05, 3.63) is 59.7 Å². The summed E-state index contributed by atoms with van der Waals surface area (Å²) in [5, 5.41) is 5.39. The lowest BCUT2D eigenvalue weighted by Gasteiger charge is -2.12. The lowest BCUT2D eigenvalue weighted by molar-refractivity contribution is -0.872. The van der Waals surface area contributed by atoms with Crippen LogP contribution in [0.2, 0.25) is 0 Å². The summed E-state index contributed by atoms with van der Waals surface area (Å²) in [7, 11) is 4.40. The Morgan fingerprint density at radius 1 is 0.842 bits per heavy atom. The Hall–Kier alpha value is -1.86. The standard InChI is InChI=1S/C18H19N/c1-13-10-15-9-8-14-6-4-5-7-17(14)18(15)11-16(13)12-19(2)3/h4-11H,12H2,1-3H3/p+1. The van der Waals surface area contributed by atoms with Crippen molar-refractivity contribution in [2.45, 2.75) is 13.5 Å². The molecule has 0 amide bonds. The van der Waals surface area contributed by atoms with Gasteiger partial charge < -0.3 is 4.90 Å². The summed E-state index contributed by atoms with van der Waals surface area (Å²) in [6, 6.07) is 17.8. The number of benzene rings is 3. The third-order valence-corrected chi connectivity index (χ3v) is 3.75.